The van der Waals surface area contributed by atoms with Crippen molar-refractivity contribution >= 4 is 17.5 Å². The van der Waals surface area contributed by atoms with Crippen LogP contribution in [0.4, 0.5) is 19.0 Å². The van der Waals surface area contributed by atoms with Crippen molar-refractivity contribution in [1.29, 1.82) is 0 Å². The molecule has 1 amide bonds. The first-order chi connectivity index (χ1) is 16.0. The van der Waals surface area contributed by atoms with Gasteiger partial charge in [0.15, 0.2) is 0 Å². The number of nitrogen functional groups attached to an aromatic ring is 1. The van der Waals surface area contributed by atoms with Crippen molar-refractivity contribution in [3.8, 4) is 0 Å². The zero-order valence-electron chi connectivity index (χ0n) is 19.3. The molecule has 6 N–H and O–H groups in total. The number of nitrogens with zero attached hydrogens (tertiary/aromatic N) is 2. The second-order valence-corrected chi connectivity index (χ2v) is 7.81. The van der Waals surface area contributed by atoms with E-state index in [4.69, 9.17) is 21.3 Å². The highest BCUT2D eigenvalue weighted by atomic mass is 19.4. The van der Waals surface area contributed by atoms with Crippen LogP contribution in [0, 0.1) is 0 Å². The summed E-state index contributed by atoms with van der Waals surface area (Å²) in [7, 11) is 0. The van der Waals surface area contributed by atoms with Crippen LogP contribution in [0.15, 0.2) is 11.0 Å². The van der Waals surface area contributed by atoms with Crippen LogP contribution in [-0.2, 0) is 20.7 Å². The van der Waals surface area contributed by atoms with Gasteiger partial charge in [-0.3, -0.25) is 14.2 Å². The monoisotopic (exact) mass is 493 g/mol. The van der Waals surface area contributed by atoms with Gasteiger partial charge in [-0.15, -0.1) is 0 Å². The standard InChI is InChI=1S/C11H18N4O3.C10H16F3NO2/c12-4-3-7-5-15(11(17)14-10(7)13)9-2-1-8(6-16)18-9;1-2-8(15)6-4-3-5-7-14-9(16)10(11,12)13/h5,8-9,16H,1-4,6,12H2,(H2,13,14,17);2-7H2,1H3,(H,14,16)/t8-,9?;/m0./s1. The summed E-state index contributed by atoms with van der Waals surface area (Å²) in [6.45, 7) is 2.17. The molecule has 1 aromatic heterocycles. The average molecular weight is 494 g/mol. The number of Topliss-reactive ketones (excluding diaryl/α,β-unsaturated/α-hetero) is 1. The number of carbonyl (C=O) groups excluding carboxylic acids is 2. The Morgan fingerprint density at radius 3 is 2.56 bits per heavy atom. The van der Waals surface area contributed by atoms with E-state index in [9.17, 15) is 27.6 Å². The lowest BCUT2D eigenvalue weighted by molar-refractivity contribution is -0.173. The minimum atomic E-state index is -4.81. The topological polar surface area (TPSA) is 163 Å². The van der Waals surface area contributed by atoms with Crippen molar-refractivity contribution in [1.82, 2.24) is 14.9 Å². The van der Waals surface area contributed by atoms with Gasteiger partial charge in [0.05, 0.1) is 12.7 Å². The molecule has 1 saturated heterocycles. The van der Waals surface area contributed by atoms with Crippen molar-refractivity contribution in [2.24, 2.45) is 5.73 Å². The van der Waals surface area contributed by atoms with E-state index < -0.39 is 17.8 Å². The summed E-state index contributed by atoms with van der Waals surface area (Å²) in [6, 6.07) is 0. The SMILES string of the molecule is CCC(=O)CCCCCNC(=O)C(F)(F)F.NCCc1cn(C2CC[C@@H](CO)O2)c(=O)nc1N. The van der Waals surface area contributed by atoms with Gasteiger partial charge >= 0.3 is 17.8 Å². The zero-order chi connectivity index (χ0) is 25.7. The predicted molar refractivity (Wildman–Crippen MR) is 119 cm³/mol. The number of hydrogen-bond acceptors (Lipinski definition) is 8. The van der Waals surface area contributed by atoms with Crippen LogP contribution in [0.5, 0.6) is 0 Å². The number of nitrogens with one attached hydrogen (secondary N) is 1. The van der Waals surface area contributed by atoms with E-state index in [1.165, 1.54) is 4.57 Å². The summed E-state index contributed by atoms with van der Waals surface area (Å²) in [6.07, 6.45) is 0.946. The third-order valence-corrected chi connectivity index (χ3v) is 5.14. The molecule has 1 fully saturated rings. The van der Waals surface area contributed by atoms with Crippen LogP contribution in [-0.4, -0.2) is 58.3 Å². The molecular formula is C21H34F3N5O5. The number of carbonyl (C=O) groups is 2. The predicted octanol–water partition coefficient (Wildman–Crippen LogP) is 1.20. The van der Waals surface area contributed by atoms with Crippen molar-refractivity contribution in [3.63, 3.8) is 0 Å². The lowest BCUT2D eigenvalue weighted by Gasteiger charge is -2.16. The molecule has 0 radical (unpaired) electrons. The van der Waals surface area contributed by atoms with E-state index in [1.54, 1.807) is 18.4 Å². The molecule has 2 atom stereocenters. The van der Waals surface area contributed by atoms with E-state index in [0.717, 1.165) is 12.0 Å². The lowest BCUT2D eigenvalue weighted by Crippen LogP contribution is -2.37. The minimum Gasteiger partial charge on any atom is -0.394 e. The van der Waals surface area contributed by atoms with E-state index >= 15 is 0 Å². The number of aliphatic hydroxyl groups is 1. The number of halogens is 3. The smallest absolute Gasteiger partial charge is 0.394 e. The average Bonchev–Trinajstić information content (AvgIpc) is 3.26. The number of anilines is 1. The molecule has 34 heavy (non-hydrogen) atoms. The Morgan fingerprint density at radius 1 is 1.29 bits per heavy atom. The molecule has 1 aromatic rings. The molecule has 1 aliphatic rings. The van der Waals surface area contributed by atoms with Gasteiger partial charge in [0, 0.05) is 31.1 Å². The zero-order valence-corrected chi connectivity index (χ0v) is 19.3. The van der Waals surface area contributed by atoms with E-state index in [0.29, 0.717) is 51.5 Å². The van der Waals surface area contributed by atoms with Crippen LogP contribution in [0.3, 0.4) is 0 Å². The first kappa shape index (κ1) is 29.5. The molecule has 0 saturated carbocycles. The summed E-state index contributed by atoms with van der Waals surface area (Å²) < 4.78 is 42.1. The van der Waals surface area contributed by atoms with Crippen molar-refractivity contribution < 1.29 is 32.6 Å². The number of aliphatic hydroxyl groups excluding tert-OH is 1. The number of nitrogens with two attached hydrogens (primary N) is 2. The number of aromatic nitrogens is 2. The van der Waals surface area contributed by atoms with Gasteiger partial charge in [0.2, 0.25) is 0 Å². The molecular weight excluding hydrogens is 459 g/mol. The summed E-state index contributed by atoms with van der Waals surface area (Å²) in [5, 5.41) is 10.8. The lowest BCUT2D eigenvalue weighted by atomic mass is 10.1. The number of hydrogen-bond donors (Lipinski definition) is 4. The number of amides is 1. The Hall–Kier alpha value is -2.51. The third kappa shape index (κ3) is 10.2. The number of unbranched alkanes of at least 4 members (excludes halogenated alkanes) is 2. The number of ether oxygens (including phenoxy) is 1. The van der Waals surface area contributed by atoms with Gasteiger partial charge in [-0.2, -0.15) is 18.2 Å². The molecule has 1 unspecified atom stereocenters. The summed E-state index contributed by atoms with van der Waals surface area (Å²) >= 11 is 0. The molecule has 2 heterocycles. The van der Waals surface area contributed by atoms with Gasteiger partial charge in [0.1, 0.15) is 17.8 Å². The molecule has 0 aromatic carbocycles. The fourth-order valence-electron chi connectivity index (χ4n) is 3.20. The number of ketones is 1. The summed E-state index contributed by atoms with van der Waals surface area (Å²) in [4.78, 5) is 36.8. The molecule has 10 nitrogen and oxygen atoms in total. The fraction of sp³-hybridized carbons (Fsp3) is 0.714. The molecule has 13 heteroatoms. The Morgan fingerprint density at radius 2 is 2.00 bits per heavy atom. The highest BCUT2D eigenvalue weighted by molar-refractivity contribution is 5.81. The van der Waals surface area contributed by atoms with E-state index in [-0.39, 0.29) is 37.1 Å². The highest BCUT2D eigenvalue weighted by Gasteiger charge is 2.38. The van der Waals surface area contributed by atoms with Crippen LogP contribution >= 0.6 is 0 Å². The van der Waals surface area contributed by atoms with Crippen molar-refractivity contribution in [2.75, 3.05) is 25.4 Å². The molecule has 1 aliphatic heterocycles. The van der Waals surface area contributed by atoms with Crippen molar-refractivity contribution in [3.05, 3.63) is 22.2 Å². The maximum Gasteiger partial charge on any atom is 0.471 e. The first-order valence-corrected chi connectivity index (χ1v) is 11.2. The Bertz CT molecular complexity index is 847. The normalized spacial score (nSPS) is 17.7. The van der Waals surface area contributed by atoms with E-state index in [1.807, 2.05) is 0 Å². The van der Waals surface area contributed by atoms with Gasteiger partial charge in [-0.05, 0) is 38.6 Å². The number of alkyl halides is 3. The molecule has 194 valence electrons. The Labute approximate surface area is 195 Å². The highest BCUT2D eigenvalue weighted by Crippen LogP contribution is 2.27. The Balaban J connectivity index is 0.000000344. The molecule has 2 rings (SSSR count). The van der Waals surface area contributed by atoms with Gasteiger partial charge < -0.3 is 26.6 Å². The quantitative estimate of drug-likeness (QED) is 0.334. The van der Waals surface area contributed by atoms with Crippen LogP contribution in [0.1, 0.15) is 63.7 Å². The molecule has 0 aliphatic carbocycles. The van der Waals surface area contributed by atoms with E-state index in [2.05, 4.69) is 4.98 Å². The first-order valence-electron chi connectivity index (χ1n) is 11.2. The van der Waals surface area contributed by atoms with Crippen LogP contribution in [0.2, 0.25) is 0 Å². The second kappa shape index (κ2) is 14.7. The minimum absolute atomic E-state index is 0.00133. The Kier molecular flexibility index (Phi) is 12.8. The molecule has 0 spiro atoms. The molecule has 0 bridgehead atoms. The maximum atomic E-state index is 11.8. The fourth-order valence-corrected chi connectivity index (χ4v) is 3.20. The largest absolute Gasteiger partial charge is 0.471 e. The van der Waals surface area contributed by atoms with Gasteiger partial charge in [-0.25, -0.2) is 4.79 Å². The maximum absolute atomic E-state index is 11.8. The van der Waals surface area contributed by atoms with Crippen LogP contribution in [0.25, 0.3) is 0 Å². The summed E-state index contributed by atoms with van der Waals surface area (Å²) in [5.74, 6) is -1.53. The third-order valence-electron chi connectivity index (χ3n) is 5.14. The summed E-state index contributed by atoms with van der Waals surface area (Å²) in [5.41, 5.74) is 11.5. The van der Waals surface area contributed by atoms with Gasteiger partial charge in [-0.1, -0.05) is 13.3 Å². The van der Waals surface area contributed by atoms with Crippen molar-refractivity contribution in [2.45, 2.75) is 76.8 Å². The second-order valence-electron chi connectivity index (χ2n) is 7.81. The number of rotatable bonds is 11. The van der Waals surface area contributed by atoms with Gasteiger partial charge in [0.25, 0.3) is 0 Å². The van der Waals surface area contributed by atoms with Crippen LogP contribution < -0.4 is 22.5 Å².